The van der Waals surface area contributed by atoms with E-state index in [1.54, 1.807) is 24.3 Å². The molecule has 1 aliphatic rings. The van der Waals surface area contributed by atoms with Crippen LogP contribution in [0.15, 0.2) is 30.3 Å². The minimum absolute atomic E-state index is 0.240. The van der Waals surface area contributed by atoms with Crippen molar-refractivity contribution in [3.63, 3.8) is 0 Å². The number of anilines is 2. The van der Waals surface area contributed by atoms with Gasteiger partial charge in [0.2, 0.25) is 0 Å². The number of amides is 1. The molecule has 126 valence electrons. The maximum Gasteiger partial charge on any atom is 0.276 e. The lowest BCUT2D eigenvalue weighted by atomic mass is 10.2. The molecule has 1 fully saturated rings. The van der Waals surface area contributed by atoms with Crippen LogP contribution < -0.4 is 10.2 Å². The zero-order valence-corrected chi connectivity index (χ0v) is 14.6. The molecule has 0 bridgehead atoms. The lowest BCUT2D eigenvalue weighted by molar-refractivity contribution is 0.102. The van der Waals surface area contributed by atoms with E-state index < -0.39 is 0 Å². The van der Waals surface area contributed by atoms with E-state index >= 15 is 0 Å². The summed E-state index contributed by atoms with van der Waals surface area (Å²) in [7, 11) is 0. The third kappa shape index (κ3) is 4.16. The highest BCUT2D eigenvalue weighted by Gasteiger charge is 2.14. The number of carbonyl (C=O) groups excluding carboxylic acids is 1. The van der Waals surface area contributed by atoms with Gasteiger partial charge in [-0.25, -0.2) is 0 Å². The monoisotopic (exact) mass is 364 g/mol. The highest BCUT2D eigenvalue weighted by atomic mass is 35.5. The summed E-state index contributed by atoms with van der Waals surface area (Å²) in [6.07, 6.45) is 4.84. The molecule has 7 heteroatoms. The zero-order valence-electron chi connectivity index (χ0n) is 13.1. The van der Waals surface area contributed by atoms with Crippen LogP contribution in [0.2, 0.25) is 10.0 Å². The highest BCUT2D eigenvalue weighted by Crippen LogP contribution is 2.26. The van der Waals surface area contributed by atoms with Gasteiger partial charge in [-0.05, 0) is 43.2 Å². The van der Waals surface area contributed by atoms with Crippen molar-refractivity contribution in [2.75, 3.05) is 23.3 Å². The molecule has 1 amide bonds. The topological polar surface area (TPSA) is 58.1 Å². The first-order valence-electron chi connectivity index (χ1n) is 7.98. The number of carbonyl (C=O) groups is 1. The molecule has 2 aromatic rings. The molecule has 1 aromatic carbocycles. The standard InChI is InChI=1S/C17H18Cl2N4O/c18-12-5-6-13(19)15(11-12)20-17(24)14-7-8-16(22-21-14)23-9-3-1-2-4-10-23/h5-8,11H,1-4,9-10H2,(H,20,24). The Morgan fingerprint density at radius 1 is 1.00 bits per heavy atom. The first-order valence-corrected chi connectivity index (χ1v) is 8.74. The van der Waals surface area contributed by atoms with Gasteiger partial charge in [-0.2, -0.15) is 0 Å². The van der Waals surface area contributed by atoms with Crippen molar-refractivity contribution in [3.8, 4) is 0 Å². The predicted molar refractivity (Wildman–Crippen MR) is 97.1 cm³/mol. The normalized spacial score (nSPS) is 15.0. The average molecular weight is 365 g/mol. The summed E-state index contributed by atoms with van der Waals surface area (Å²) in [5.41, 5.74) is 0.692. The van der Waals surface area contributed by atoms with Gasteiger partial charge in [-0.3, -0.25) is 4.79 Å². The summed E-state index contributed by atoms with van der Waals surface area (Å²) < 4.78 is 0. The van der Waals surface area contributed by atoms with Crippen LogP contribution in [0.25, 0.3) is 0 Å². The van der Waals surface area contributed by atoms with Crippen molar-refractivity contribution < 1.29 is 4.79 Å². The molecule has 1 N–H and O–H groups in total. The molecule has 0 saturated carbocycles. The fourth-order valence-electron chi connectivity index (χ4n) is 2.69. The van der Waals surface area contributed by atoms with Gasteiger partial charge >= 0.3 is 0 Å². The van der Waals surface area contributed by atoms with E-state index in [1.807, 2.05) is 6.07 Å². The van der Waals surface area contributed by atoms with Gasteiger partial charge in [0, 0.05) is 18.1 Å². The van der Waals surface area contributed by atoms with Crippen molar-refractivity contribution >= 4 is 40.6 Å². The number of benzene rings is 1. The fraction of sp³-hybridized carbons (Fsp3) is 0.353. The Hall–Kier alpha value is -1.85. The summed E-state index contributed by atoms with van der Waals surface area (Å²) >= 11 is 12.0. The second-order valence-electron chi connectivity index (χ2n) is 5.76. The van der Waals surface area contributed by atoms with Crippen molar-refractivity contribution in [2.24, 2.45) is 0 Å². The maximum atomic E-state index is 12.3. The molecule has 0 spiro atoms. The van der Waals surface area contributed by atoms with Gasteiger partial charge in [0.1, 0.15) is 0 Å². The third-order valence-corrected chi connectivity index (χ3v) is 4.55. The zero-order chi connectivity index (χ0) is 16.9. The number of hydrogen-bond acceptors (Lipinski definition) is 4. The van der Waals surface area contributed by atoms with Crippen LogP contribution in [0.3, 0.4) is 0 Å². The fourth-order valence-corrected chi connectivity index (χ4v) is 3.03. The van der Waals surface area contributed by atoms with E-state index in [0.717, 1.165) is 31.7 Å². The van der Waals surface area contributed by atoms with Crippen LogP contribution in [-0.2, 0) is 0 Å². The Labute approximate surface area is 151 Å². The molecule has 0 radical (unpaired) electrons. The molecule has 2 heterocycles. The van der Waals surface area contributed by atoms with Crippen LogP contribution in [-0.4, -0.2) is 29.2 Å². The molecule has 0 aliphatic carbocycles. The van der Waals surface area contributed by atoms with Crippen LogP contribution in [0.1, 0.15) is 36.2 Å². The summed E-state index contributed by atoms with van der Waals surface area (Å²) in [5.74, 6) is 0.448. The predicted octanol–water partition coefficient (Wildman–Crippen LogP) is 4.42. The molecule has 1 aromatic heterocycles. The first-order chi connectivity index (χ1) is 11.6. The van der Waals surface area contributed by atoms with Crippen molar-refractivity contribution in [1.29, 1.82) is 0 Å². The van der Waals surface area contributed by atoms with Gasteiger partial charge in [0.15, 0.2) is 11.5 Å². The van der Waals surface area contributed by atoms with E-state index in [2.05, 4.69) is 20.4 Å². The third-order valence-electron chi connectivity index (χ3n) is 3.99. The first kappa shape index (κ1) is 17.0. The van der Waals surface area contributed by atoms with E-state index in [1.165, 1.54) is 12.8 Å². The minimum Gasteiger partial charge on any atom is -0.355 e. The second-order valence-corrected chi connectivity index (χ2v) is 6.60. The van der Waals surface area contributed by atoms with Gasteiger partial charge in [-0.15, -0.1) is 10.2 Å². The number of halogens is 2. The average Bonchev–Trinajstić information content (AvgIpc) is 2.87. The quantitative estimate of drug-likeness (QED) is 0.875. The number of aromatic nitrogens is 2. The number of nitrogens with zero attached hydrogens (tertiary/aromatic N) is 3. The SMILES string of the molecule is O=C(Nc1cc(Cl)ccc1Cl)c1ccc(N2CCCCCC2)nn1. The smallest absolute Gasteiger partial charge is 0.276 e. The molecule has 3 rings (SSSR count). The second kappa shape index (κ2) is 7.81. The number of nitrogens with one attached hydrogen (secondary N) is 1. The van der Waals surface area contributed by atoms with Crippen LogP contribution in [0.5, 0.6) is 0 Å². The van der Waals surface area contributed by atoms with Crippen molar-refractivity contribution in [3.05, 3.63) is 46.1 Å². The summed E-state index contributed by atoms with van der Waals surface area (Å²) in [5, 5.41) is 11.9. The highest BCUT2D eigenvalue weighted by molar-refractivity contribution is 6.35. The maximum absolute atomic E-state index is 12.3. The number of hydrogen-bond donors (Lipinski definition) is 1. The summed E-state index contributed by atoms with van der Waals surface area (Å²) in [4.78, 5) is 14.5. The minimum atomic E-state index is -0.367. The molecular formula is C17H18Cl2N4O. The molecule has 24 heavy (non-hydrogen) atoms. The Morgan fingerprint density at radius 3 is 2.42 bits per heavy atom. The summed E-state index contributed by atoms with van der Waals surface area (Å²) in [6, 6.07) is 8.41. The van der Waals surface area contributed by atoms with Gasteiger partial charge in [0.05, 0.1) is 10.7 Å². The van der Waals surface area contributed by atoms with E-state index in [4.69, 9.17) is 23.2 Å². The van der Waals surface area contributed by atoms with Gasteiger partial charge < -0.3 is 10.2 Å². The molecular weight excluding hydrogens is 347 g/mol. The van der Waals surface area contributed by atoms with Gasteiger partial charge in [-0.1, -0.05) is 36.0 Å². The van der Waals surface area contributed by atoms with Crippen molar-refractivity contribution in [1.82, 2.24) is 10.2 Å². The van der Waals surface area contributed by atoms with E-state index in [0.29, 0.717) is 15.7 Å². The molecule has 0 atom stereocenters. The van der Waals surface area contributed by atoms with Crippen molar-refractivity contribution in [2.45, 2.75) is 25.7 Å². The summed E-state index contributed by atoms with van der Waals surface area (Å²) in [6.45, 7) is 1.97. The Morgan fingerprint density at radius 2 is 1.75 bits per heavy atom. The largest absolute Gasteiger partial charge is 0.355 e. The number of rotatable bonds is 3. The Kier molecular flexibility index (Phi) is 5.53. The lowest BCUT2D eigenvalue weighted by Gasteiger charge is -2.20. The van der Waals surface area contributed by atoms with E-state index in [-0.39, 0.29) is 11.6 Å². The van der Waals surface area contributed by atoms with Crippen LogP contribution in [0, 0.1) is 0 Å². The Balaban J connectivity index is 1.70. The molecule has 0 unspecified atom stereocenters. The molecule has 5 nitrogen and oxygen atoms in total. The molecule has 1 aliphatic heterocycles. The molecule has 1 saturated heterocycles. The lowest BCUT2D eigenvalue weighted by Crippen LogP contribution is -2.25. The van der Waals surface area contributed by atoms with Crippen LogP contribution in [0.4, 0.5) is 11.5 Å². The Bertz CT molecular complexity index is 713. The van der Waals surface area contributed by atoms with Gasteiger partial charge in [0.25, 0.3) is 5.91 Å². The van der Waals surface area contributed by atoms with Crippen LogP contribution >= 0.6 is 23.2 Å². The van der Waals surface area contributed by atoms with E-state index in [9.17, 15) is 4.79 Å².